The van der Waals surface area contributed by atoms with E-state index in [2.05, 4.69) is 10.6 Å². The summed E-state index contributed by atoms with van der Waals surface area (Å²) in [5.74, 6) is -0.206. The highest BCUT2D eigenvalue weighted by Gasteiger charge is 2.05. The summed E-state index contributed by atoms with van der Waals surface area (Å²) in [4.78, 5) is 23.1. The van der Waals surface area contributed by atoms with Crippen molar-refractivity contribution in [2.75, 3.05) is 18.5 Å². The first-order chi connectivity index (χ1) is 9.17. The van der Waals surface area contributed by atoms with Crippen LogP contribution < -0.4 is 10.6 Å². The van der Waals surface area contributed by atoms with E-state index in [0.29, 0.717) is 30.6 Å². The number of hydrogen-bond donors (Lipinski definition) is 3. The van der Waals surface area contributed by atoms with Gasteiger partial charge in [-0.15, -0.1) is 0 Å². The van der Waals surface area contributed by atoms with E-state index in [4.69, 9.17) is 5.11 Å². The van der Waals surface area contributed by atoms with Gasteiger partial charge in [-0.25, -0.2) is 0 Å². The van der Waals surface area contributed by atoms with Crippen LogP contribution in [0.1, 0.15) is 36.5 Å². The van der Waals surface area contributed by atoms with Crippen molar-refractivity contribution in [1.29, 1.82) is 0 Å². The van der Waals surface area contributed by atoms with E-state index in [1.165, 1.54) is 0 Å². The van der Waals surface area contributed by atoms with Crippen LogP contribution in [0.15, 0.2) is 24.3 Å². The molecule has 0 aromatic heterocycles. The van der Waals surface area contributed by atoms with Crippen molar-refractivity contribution in [3.63, 3.8) is 0 Å². The molecule has 0 saturated heterocycles. The fourth-order valence-electron chi connectivity index (χ4n) is 1.54. The standard InChI is InChI=1S/C14H20N2O3/c1-2-4-13(18)16-12-7-5-11(6-8-12)14(19)15-9-3-10-17/h5-8,17H,2-4,9-10H2,1H3,(H,15,19)(H,16,18). The number of aliphatic hydroxyl groups excluding tert-OH is 1. The molecule has 19 heavy (non-hydrogen) atoms. The van der Waals surface area contributed by atoms with Gasteiger partial charge < -0.3 is 15.7 Å². The van der Waals surface area contributed by atoms with Gasteiger partial charge in [0.05, 0.1) is 0 Å². The third kappa shape index (κ3) is 5.52. The lowest BCUT2D eigenvalue weighted by Crippen LogP contribution is -2.24. The molecule has 5 heteroatoms. The molecule has 104 valence electrons. The normalized spacial score (nSPS) is 10.0. The Morgan fingerprint density at radius 2 is 1.89 bits per heavy atom. The summed E-state index contributed by atoms with van der Waals surface area (Å²) in [7, 11) is 0. The van der Waals surface area contributed by atoms with Gasteiger partial charge in [0.25, 0.3) is 5.91 Å². The third-order valence-electron chi connectivity index (χ3n) is 2.53. The Kier molecular flexibility index (Phi) is 6.60. The van der Waals surface area contributed by atoms with Crippen molar-refractivity contribution in [3.05, 3.63) is 29.8 Å². The van der Waals surface area contributed by atoms with E-state index in [9.17, 15) is 9.59 Å². The van der Waals surface area contributed by atoms with E-state index in [-0.39, 0.29) is 18.4 Å². The van der Waals surface area contributed by atoms with Crippen molar-refractivity contribution >= 4 is 17.5 Å². The second-order valence-corrected chi connectivity index (χ2v) is 4.21. The number of carbonyl (C=O) groups is 2. The first kappa shape index (κ1) is 15.2. The average molecular weight is 264 g/mol. The Labute approximate surface area is 113 Å². The summed E-state index contributed by atoms with van der Waals surface area (Å²) in [6, 6.07) is 6.73. The zero-order valence-electron chi connectivity index (χ0n) is 11.1. The fourth-order valence-corrected chi connectivity index (χ4v) is 1.54. The molecule has 0 bridgehead atoms. The molecule has 0 aliphatic rings. The third-order valence-corrected chi connectivity index (χ3v) is 2.53. The number of carbonyl (C=O) groups excluding carboxylic acids is 2. The van der Waals surface area contributed by atoms with Crippen LogP contribution in [-0.4, -0.2) is 30.1 Å². The molecule has 1 rings (SSSR count). The van der Waals surface area contributed by atoms with Crippen molar-refractivity contribution in [3.8, 4) is 0 Å². The molecule has 0 unspecified atom stereocenters. The monoisotopic (exact) mass is 264 g/mol. The highest BCUT2D eigenvalue weighted by Crippen LogP contribution is 2.10. The highest BCUT2D eigenvalue weighted by molar-refractivity contribution is 5.95. The van der Waals surface area contributed by atoms with Gasteiger partial charge >= 0.3 is 0 Å². The van der Waals surface area contributed by atoms with Crippen LogP contribution in [0.2, 0.25) is 0 Å². The summed E-state index contributed by atoms with van der Waals surface area (Å²) >= 11 is 0. The van der Waals surface area contributed by atoms with Crippen LogP contribution in [0.5, 0.6) is 0 Å². The summed E-state index contributed by atoms with van der Waals surface area (Å²) in [6.07, 6.45) is 1.83. The summed E-state index contributed by atoms with van der Waals surface area (Å²) in [6.45, 7) is 2.45. The second kappa shape index (κ2) is 8.26. The van der Waals surface area contributed by atoms with Crippen LogP contribution in [-0.2, 0) is 4.79 Å². The number of anilines is 1. The van der Waals surface area contributed by atoms with E-state index < -0.39 is 0 Å². The molecule has 1 aromatic carbocycles. The van der Waals surface area contributed by atoms with Crippen LogP contribution in [0.4, 0.5) is 5.69 Å². The van der Waals surface area contributed by atoms with Crippen LogP contribution >= 0.6 is 0 Å². The average Bonchev–Trinajstić information content (AvgIpc) is 2.40. The molecule has 0 saturated carbocycles. The van der Waals surface area contributed by atoms with Gasteiger partial charge in [0.1, 0.15) is 0 Å². The maximum absolute atomic E-state index is 11.7. The quantitative estimate of drug-likeness (QED) is 0.654. The molecule has 0 radical (unpaired) electrons. The molecule has 0 atom stereocenters. The van der Waals surface area contributed by atoms with Crippen molar-refractivity contribution in [2.45, 2.75) is 26.2 Å². The first-order valence-corrected chi connectivity index (χ1v) is 6.46. The molecule has 0 fully saturated rings. The summed E-state index contributed by atoms with van der Waals surface area (Å²) in [5.41, 5.74) is 1.22. The lowest BCUT2D eigenvalue weighted by Gasteiger charge is -2.06. The van der Waals surface area contributed by atoms with Crippen molar-refractivity contribution in [1.82, 2.24) is 5.32 Å². The molecular formula is C14H20N2O3. The van der Waals surface area contributed by atoms with Gasteiger partial charge in [-0.05, 0) is 37.1 Å². The summed E-state index contributed by atoms with van der Waals surface area (Å²) in [5, 5.41) is 14.1. The fraction of sp³-hybridized carbons (Fsp3) is 0.429. The minimum atomic E-state index is -0.181. The Morgan fingerprint density at radius 3 is 2.47 bits per heavy atom. The molecule has 0 heterocycles. The van der Waals surface area contributed by atoms with Crippen molar-refractivity contribution < 1.29 is 14.7 Å². The van der Waals surface area contributed by atoms with Gasteiger partial charge in [-0.3, -0.25) is 9.59 Å². The number of hydrogen-bond acceptors (Lipinski definition) is 3. The molecule has 1 aromatic rings. The predicted molar refractivity (Wildman–Crippen MR) is 74.0 cm³/mol. The Hall–Kier alpha value is -1.88. The molecule has 0 aliphatic heterocycles. The van der Waals surface area contributed by atoms with E-state index in [0.717, 1.165) is 6.42 Å². The maximum Gasteiger partial charge on any atom is 0.251 e. The number of benzene rings is 1. The lowest BCUT2D eigenvalue weighted by atomic mass is 10.2. The zero-order valence-corrected chi connectivity index (χ0v) is 11.1. The van der Waals surface area contributed by atoms with Crippen molar-refractivity contribution in [2.24, 2.45) is 0 Å². The van der Waals surface area contributed by atoms with Gasteiger partial charge in [0.15, 0.2) is 0 Å². The molecule has 3 N–H and O–H groups in total. The van der Waals surface area contributed by atoms with E-state index in [1.807, 2.05) is 6.92 Å². The van der Waals surface area contributed by atoms with Gasteiger partial charge in [-0.2, -0.15) is 0 Å². The van der Waals surface area contributed by atoms with Crippen LogP contribution in [0.3, 0.4) is 0 Å². The van der Waals surface area contributed by atoms with Crippen LogP contribution in [0, 0.1) is 0 Å². The van der Waals surface area contributed by atoms with Crippen LogP contribution in [0.25, 0.3) is 0 Å². The van der Waals surface area contributed by atoms with Gasteiger partial charge in [-0.1, -0.05) is 6.92 Å². The first-order valence-electron chi connectivity index (χ1n) is 6.46. The molecule has 0 spiro atoms. The second-order valence-electron chi connectivity index (χ2n) is 4.21. The minimum Gasteiger partial charge on any atom is -0.396 e. The minimum absolute atomic E-state index is 0.0253. The van der Waals surface area contributed by atoms with Gasteiger partial charge in [0.2, 0.25) is 5.91 Å². The Morgan fingerprint density at radius 1 is 1.21 bits per heavy atom. The zero-order chi connectivity index (χ0) is 14.1. The maximum atomic E-state index is 11.7. The number of aliphatic hydroxyl groups is 1. The highest BCUT2D eigenvalue weighted by atomic mass is 16.3. The number of rotatable bonds is 7. The molecule has 2 amide bonds. The Balaban J connectivity index is 2.51. The number of nitrogens with one attached hydrogen (secondary N) is 2. The molecule has 5 nitrogen and oxygen atoms in total. The largest absolute Gasteiger partial charge is 0.396 e. The number of amides is 2. The van der Waals surface area contributed by atoms with E-state index >= 15 is 0 Å². The lowest BCUT2D eigenvalue weighted by molar-refractivity contribution is -0.116. The Bertz CT molecular complexity index is 415. The molecular weight excluding hydrogens is 244 g/mol. The topological polar surface area (TPSA) is 78.4 Å². The van der Waals surface area contributed by atoms with Gasteiger partial charge in [0, 0.05) is 30.8 Å². The predicted octanol–water partition coefficient (Wildman–Crippen LogP) is 1.54. The summed E-state index contributed by atoms with van der Waals surface area (Å²) < 4.78 is 0. The van der Waals surface area contributed by atoms with E-state index in [1.54, 1.807) is 24.3 Å². The molecule has 0 aliphatic carbocycles. The smallest absolute Gasteiger partial charge is 0.251 e. The SMILES string of the molecule is CCCC(=O)Nc1ccc(C(=O)NCCCO)cc1.